The topological polar surface area (TPSA) is 66.8 Å². The number of nitrogens with zero attached hydrogens (tertiary/aromatic N) is 1. The van der Waals surface area contributed by atoms with Crippen molar-refractivity contribution < 1.29 is 23.8 Å². The van der Waals surface area contributed by atoms with E-state index in [0.717, 1.165) is 4.90 Å². The third-order valence-corrected chi connectivity index (χ3v) is 6.26. The van der Waals surface area contributed by atoms with Crippen LogP contribution in [0.1, 0.15) is 31.0 Å². The van der Waals surface area contributed by atoms with Gasteiger partial charge >= 0.3 is 0 Å². The first-order chi connectivity index (χ1) is 16.7. The fourth-order valence-corrected chi connectivity index (χ4v) is 4.17. The first kappa shape index (κ1) is 24.8. The molecule has 0 bridgehead atoms. The molecular formula is C27H22Cl2FNO4. The Morgan fingerprint density at radius 3 is 2.46 bits per heavy atom. The third kappa shape index (κ3) is 4.90. The molecular weight excluding hydrogens is 492 g/mol. The smallest absolute Gasteiger partial charge is 0.300 e. The number of ether oxygens (including phenoxy) is 1. The van der Waals surface area contributed by atoms with E-state index in [0.29, 0.717) is 12.4 Å². The van der Waals surface area contributed by atoms with Crippen LogP contribution in [0.25, 0.3) is 5.76 Å². The van der Waals surface area contributed by atoms with Crippen molar-refractivity contribution in [3.05, 3.63) is 99.3 Å². The van der Waals surface area contributed by atoms with Crippen molar-refractivity contribution >= 4 is 46.3 Å². The predicted molar refractivity (Wildman–Crippen MR) is 134 cm³/mol. The van der Waals surface area contributed by atoms with Crippen LogP contribution >= 0.6 is 23.2 Å². The van der Waals surface area contributed by atoms with Gasteiger partial charge in [0, 0.05) is 16.8 Å². The SMILES string of the molecule is CC(C)COc1cccc(/C(O)=C2\C(=O)C(=O)N(c3ccc(Cl)c(Cl)c3)C2c2ccccc2F)c1. The number of amides is 1. The van der Waals surface area contributed by atoms with Gasteiger partial charge in [0.2, 0.25) is 0 Å². The number of carbonyl (C=O) groups excluding carboxylic acids is 2. The Morgan fingerprint density at radius 1 is 1.03 bits per heavy atom. The summed E-state index contributed by atoms with van der Waals surface area (Å²) >= 11 is 12.2. The van der Waals surface area contributed by atoms with Gasteiger partial charge in [-0.3, -0.25) is 14.5 Å². The van der Waals surface area contributed by atoms with Crippen LogP contribution in [0.4, 0.5) is 10.1 Å². The number of aliphatic hydroxyl groups is 1. The summed E-state index contributed by atoms with van der Waals surface area (Å²) in [5.74, 6) is -2.17. The number of benzene rings is 3. The second-order valence-electron chi connectivity index (χ2n) is 8.52. The van der Waals surface area contributed by atoms with Crippen LogP contribution in [0.5, 0.6) is 5.75 Å². The highest BCUT2D eigenvalue weighted by Gasteiger charge is 2.48. The molecule has 1 N–H and O–H groups in total. The maximum Gasteiger partial charge on any atom is 0.300 e. The van der Waals surface area contributed by atoms with Gasteiger partial charge in [0.15, 0.2) is 0 Å². The number of rotatable bonds is 6. The van der Waals surface area contributed by atoms with Gasteiger partial charge in [-0.05, 0) is 42.3 Å². The van der Waals surface area contributed by atoms with E-state index >= 15 is 0 Å². The average Bonchev–Trinajstić information content (AvgIpc) is 3.10. The molecule has 0 aliphatic carbocycles. The second kappa shape index (κ2) is 10.1. The Hall–Kier alpha value is -3.35. The molecule has 0 radical (unpaired) electrons. The van der Waals surface area contributed by atoms with Gasteiger partial charge in [0.1, 0.15) is 17.3 Å². The van der Waals surface area contributed by atoms with Gasteiger partial charge in [-0.1, -0.05) is 67.4 Å². The van der Waals surface area contributed by atoms with Gasteiger partial charge in [0.05, 0.1) is 28.3 Å². The quantitative estimate of drug-likeness (QED) is 0.223. The molecule has 3 aromatic carbocycles. The van der Waals surface area contributed by atoms with E-state index in [1.54, 1.807) is 30.3 Å². The summed E-state index contributed by atoms with van der Waals surface area (Å²) in [7, 11) is 0. The van der Waals surface area contributed by atoms with Crippen molar-refractivity contribution in [2.24, 2.45) is 5.92 Å². The molecule has 3 aromatic rings. The van der Waals surface area contributed by atoms with Crippen LogP contribution in [0.2, 0.25) is 10.0 Å². The van der Waals surface area contributed by atoms with Crippen molar-refractivity contribution in [1.82, 2.24) is 0 Å². The van der Waals surface area contributed by atoms with E-state index in [9.17, 15) is 19.1 Å². The average molecular weight is 514 g/mol. The highest BCUT2D eigenvalue weighted by atomic mass is 35.5. The molecule has 35 heavy (non-hydrogen) atoms. The lowest BCUT2D eigenvalue weighted by atomic mass is 9.94. The van der Waals surface area contributed by atoms with E-state index in [1.807, 2.05) is 13.8 Å². The number of carbonyl (C=O) groups is 2. The summed E-state index contributed by atoms with van der Waals surface area (Å²) in [6.45, 7) is 4.46. The molecule has 1 unspecified atom stereocenters. The number of hydrogen-bond donors (Lipinski definition) is 1. The van der Waals surface area contributed by atoms with E-state index in [1.165, 1.54) is 36.4 Å². The molecule has 1 amide bonds. The Morgan fingerprint density at radius 2 is 1.77 bits per heavy atom. The number of hydrogen-bond acceptors (Lipinski definition) is 4. The zero-order valence-corrected chi connectivity index (χ0v) is 20.5. The second-order valence-corrected chi connectivity index (χ2v) is 9.34. The van der Waals surface area contributed by atoms with E-state index in [4.69, 9.17) is 27.9 Å². The van der Waals surface area contributed by atoms with Crippen LogP contribution in [-0.2, 0) is 9.59 Å². The summed E-state index contributed by atoms with van der Waals surface area (Å²) in [5, 5.41) is 11.7. The highest BCUT2D eigenvalue weighted by molar-refractivity contribution is 6.52. The minimum absolute atomic E-state index is 0.0477. The van der Waals surface area contributed by atoms with Crippen molar-refractivity contribution in [3.63, 3.8) is 0 Å². The first-order valence-corrected chi connectivity index (χ1v) is 11.7. The number of Topliss-reactive ketones (excluding diaryl/α,β-unsaturated/α-hetero) is 1. The predicted octanol–water partition coefficient (Wildman–Crippen LogP) is 6.79. The van der Waals surface area contributed by atoms with Crippen LogP contribution < -0.4 is 9.64 Å². The maximum absolute atomic E-state index is 15.0. The Bertz CT molecular complexity index is 1340. The van der Waals surface area contributed by atoms with Gasteiger partial charge in [-0.2, -0.15) is 0 Å². The Kier molecular flexibility index (Phi) is 7.15. The minimum Gasteiger partial charge on any atom is -0.507 e. The molecule has 1 fully saturated rings. The van der Waals surface area contributed by atoms with Crippen LogP contribution in [0.15, 0.2) is 72.3 Å². The number of halogens is 3. The number of aliphatic hydroxyl groups excluding tert-OH is 1. The summed E-state index contributed by atoms with van der Waals surface area (Å²) in [6, 6.07) is 15.5. The zero-order valence-electron chi connectivity index (χ0n) is 19.0. The van der Waals surface area contributed by atoms with E-state index in [2.05, 4.69) is 0 Å². The van der Waals surface area contributed by atoms with Crippen molar-refractivity contribution in [3.8, 4) is 5.75 Å². The van der Waals surface area contributed by atoms with Crippen LogP contribution in [0, 0.1) is 11.7 Å². The molecule has 4 rings (SSSR count). The molecule has 1 heterocycles. The highest BCUT2D eigenvalue weighted by Crippen LogP contribution is 2.44. The molecule has 0 aromatic heterocycles. The fourth-order valence-electron chi connectivity index (χ4n) is 3.88. The summed E-state index contributed by atoms with van der Waals surface area (Å²) < 4.78 is 20.7. The Balaban J connectivity index is 1.89. The fraction of sp³-hybridized carbons (Fsp3) is 0.185. The molecule has 8 heteroatoms. The molecule has 5 nitrogen and oxygen atoms in total. The molecule has 1 aliphatic heterocycles. The molecule has 1 saturated heterocycles. The van der Waals surface area contributed by atoms with Gasteiger partial charge in [-0.25, -0.2) is 4.39 Å². The lowest BCUT2D eigenvalue weighted by Crippen LogP contribution is -2.29. The molecule has 0 spiro atoms. The standard InChI is InChI=1S/C27H22Cl2FNO4/c1-15(2)14-35-18-7-5-6-16(12-18)25(32)23-24(19-8-3-4-9-22(19)30)31(27(34)26(23)33)17-10-11-20(28)21(29)13-17/h3-13,15,24,32H,14H2,1-2H3/b25-23+. The zero-order chi connectivity index (χ0) is 25.3. The monoisotopic (exact) mass is 513 g/mol. The Labute approximate surface area is 212 Å². The van der Waals surface area contributed by atoms with Crippen molar-refractivity contribution in [2.45, 2.75) is 19.9 Å². The molecule has 0 saturated carbocycles. The molecule has 180 valence electrons. The van der Waals surface area contributed by atoms with Crippen LogP contribution in [-0.4, -0.2) is 23.4 Å². The van der Waals surface area contributed by atoms with Gasteiger partial charge < -0.3 is 9.84 Å². The number of anilines is 1. The van der Waals surface area contributed by atoms with E-state index in [-0.39, 0.29) is 38.4 Å². The van der Waals surface area contributed by atoms with Crippen LogP contribution in [0.3, 0.4) is 0 Å². The molecule has 1 atom stereocenters. The molecule has 1 aliphatic rings. The van der Waals surface area contributed by atoms with Gasteiger partial charge in [-0.15, -0.1) is 0 Å². The van der Waals surface area contributed by atoms with Crippen molar-refractivity contribution in [2.75, 3.05) is 11.5 Å². The number of ketones is 1. The lowest BCUT2D eigenvalue weighted by molar-refractivity contribution is -0.132. The lowest BCUT2D eigenvalue weighted by Gasteiger charge is -2.26. The maximum atomic E-state index is 15.0. The summed E-state index contributed by atoms with van der Waals surface area (Å²) in [5.41, 5.74) is 0.307. The first-order valence-electron chi connectivity index (χ1n) is 10.9. The van der Waals surface area contributed by atoms with Crippen molar-refractivity contribution in [1.29, 1.82) is 0 Å². The minimum atomic E-state index is -1.23. The summed E-state index contributed by atoms with van der Waals surface area (Å²) in [6.07, 6.45) is 0. The van der Waals surface area contributed by atoms with E-state index < -0.39 is 29.3 Å². The summed E-state index contributed by atoms with van der Waals surface area (Å²) in [4.78, 5) is 27.5. The largest absolute Gasteiger partial charge is 0.507 e. The van der Waals surface area contributed by atoms with Gasteiger partial charge in [0.25, 0.3) is 11.7 Å². The normalized spacial score (nSPS) is 17.3. The third-order valence-electron chi connectivity index (χ3n) is 5.52.